The van der Waals surface area contributed by atoms with Gasteiger partial charge >= 0.3 is 0 Å². The van der Waals surface area contributed by atoms with Gasteiger partial charge in [0.25, 0.3) is 11.5 Å². The van der Waals surface area contributed by atoms with Crippen molar-refractivity contribution in [2.75, 3.05) is 13.2 Å². The van der Waals surface area contributed by atoms with Crippen LogP contribution < -0.4 is 11.3 Å². The van der Waals surface area contributed by atoms with Crippen molar-refractivity contribution in [3.05, 3.63) is 33.5 Å². The number of hydrogen-bond donors (Lipinski definition) is 3. The number of fused-ring (bicyclic) bond motifs is 1. The van der Waals surface area contributed by atoms with Gasteiger partial charge in [-0.05, 0) is 32.1 Å². The summed E-state index contributed by atoms with van der Waals surface area (Å²) in [6.45, 7) is 0.895. The minimum Gasteiger partial charge on any atom is -0.394 e. The van der Waals surface area contributed by atoms with Crippen LogP contribution >= 0.6 is 0 Å². The van der Waals surface area contributed by atoms with Gasteiger partial charge in [0, 0.05) is 18.2 Å². The first-order valence-electron chi connectivity index (χ1n) is 9.45. The van der Waals surface area contributed by atoms with Gasteiger partial charge in [-0.15, -0.1) is 5.10 Å². The van der Waals surface area contributed by atoms with Crippen molar-refractivity contribution in [2.24, 2.45) is 5.73 Å². The van der Waals surface area contributed by atoms with Crippen LogP contribution in [-0.2, 0) is 19.5 Å². The van der Waals surface area contributed by atoms with Crippen LogP contribution in [0.25, 0.3) is 0 Å². The van der Waals surface area contributed by atoms with Gasteiger partial charge in [-0.3, -0.25) is 19.4 Å². The zero-order chi connectivity index (χ0) is 19.0. The summed E-state index contributed by atoms with van der Waals surface area (Å²) in [4.78, 5) is 26.7. The SMILES string of the molecule is NC1CCC(n2cc(C(=O)N3CCc4c([nH]n(CCO)c4=O)C3)nn2)CC1. The number of nitrogens with two attached hydrogens (primary N) is 1. The molecule has 1 fully saturated rings. The number of aliphatic hydroxyl groups excluding tert-OH is 1. The third-order valence-electron chi connectivity index (χ3n) is 5.57. The zero-order valence-electron chi connectivity index (χ0n) is 15.2. The highest BCUT2D eigenvalue weighted by atomic mass is 16.3. The van der Waals surface area contributed by atoms with E-state index in [4.69, 9.17) is 10.8 Å². The van der Waals surface area contributed by atoms with Crippen molar-refractivity contribution in [1.29, 1.82) is 0 Å². The number of hydrogen-bond acceptors (Lipinski definition) is 6. The van der Waals surface area contributed by atoms with Crippen LogP contribution in [0, 0.1) is 0 Å². The summed E-state index contributed by atoms with van der Waals surface area (Å²) >= 11 is 0. The van der Waals surface area contributed by atoms with Gasteiger partial charge < -0.3 is 15.7 Å². The topological polar surface area (TPSA) is 135 Å². The molecule has 27 heavy (non-hydrogen) atoms. The Morgan fingerprint density at radius 3 is 2.85 bits per heavy atom. The molecule has 0 unspecified atom stereocenters. The standard InChI is InChI=1S/C17H25N7O3/c18-11-1-3-12(4-2-11)24-10-15(19-21-24)17(27)22-6-5-13-14(9-22)20-23(7-8-25)16(13)26/h10-12,20,25H,1-9,18H2. The molecular weight excluding hydrogens is 350 g/mol. The third-order valence-corrected chi connectivity index (χ3v) is 5.57. The summed E-state index contributed by atoms with van der Waals surface area (Å²) < 4.78 is 3.18. The number of aliphatic hydroxyl groups is 1. The summed E-state index contributed by atoms with van der Waals surface area (Å²) in [5.74, 6) is -0.185. The highest BCUT2D eigenvalue weighted by Gasteiger charge is 2.28. The maximum absolute atomic E-state index is 12.8. The van der Waals surface area contributed by atoms with E-state index >= 15 is 0 Å². The number of amides is 1. The van der Waals surface area contributed by atoms with E-state index in [0.717, 1.165) is 31.4 Å². The Bertz CT molecular complexity index is 875. The summed E-state index contributed by atoms with van der Waals surface area (Å²) in [6.07, 6.45) is 6.03. The second-order valence-electron chi connectivity index (χ2n) is 7.38. The lowest BCUT2D eigenvalue weighted by Crippen LogP contribution is -2.37. The monoisotopic (exact) mass is 375 g/mol. The maximum Gasteiger partial charge on any atom is 0.276 e. The highest BCUT2D eigenvalue weighted by Crippen LogP contribution is 2.27. The fourth-order valence-corrected chi connectivity index (χ4v) is 3.99. The Kier molecular flexibility index (Phi) is 4.83. The average Bonchev–Trinajstić information content (AvgIpc) is 3.28. The molecule has 2 aliphatic rings. The molecule has 2 aromatic heterocycles. The fraction of sp³-hybridized carbons (Fsp3) is 0.647. The fourth-order valence-electron chi connectivity index (χ4n) is 3.99. The van der Waals surface area contributed by atoms with Gasteiger partial charge in [0.05, 0.1) is 37.6 Å². The Morgan fingerprint density at radius 1 is 1.33 bits per heavy atom. The Labute approximate surface area is 155 Å². The van der Waals surface area contributed by atoms with E-state index in [1.54, 1.807) is 15.8 Å². The molecule has 10 heteroatoms. The van der Waals surface area contributed by atoms with E-state index in [0.29, 0.717) is 30.8 Å². The first-order chi connectivity index (χ1) is 13.1. The molecule has 0 aromatic carbocycles. The second-order valence-corrected chi connectivity index (χ2v) is 7.38. The largest absolute Gasteiger partial charge is 0.394 e. The van der Waals surface area contributed by atoms with Crippen LogP contribution in [0.1, 0.15) is 53.5 Å². The molecule has 4 N–H and O–H groups in total. The zero-order valence-corrected chi connectivity index (χ0v) is 15.2. The smallest absolute Gasteiger partial charge is 0.276 e. The second kappa shape index (κ2) is 7.28. The van der Waals surface area contributed by atoms with Crippen molar-refractivity contribution in [2.45, 2.75) is 57.3 Å². The molecule has 0 radical (unpaired) electrons. The van der Waals surface area contributed by atoms with Crippen LogP contribution in [0.4, 0.5) is 0 Å². The average molecular weight is 375 g/mol. The molecule has 146 valence electrons. The predicted molar refractivity (Wildman–Crippen MR) is 96.1 cm³/mol. The molecule has 0 spiro atoms. The molecule has 10 nitrogen and oxygen atoms in total. The number of aromatic nitrogens is 5. The van der Waals surface area contributed by atoms with Crippen molar-refractivity contribution in [3.63, 3.8) is 0 Å². The normalized spacial score (nSPS) is 22.7. The molecule has 0 atom stereocenters. The first-order valence-corrected chi connectivity index (χ1v) is 9.45. The first kappa shape index (κ1) is 17.9. The van der Waals surface area contributed by atoms with Gasteiger partial charge in [0.1, 0.15) is 0 Å². The van der Waals surface area contributed by atoms with Crippen LogP contribution in [0.5, 0.6) is 0 Å². The lowest BCUT2D eigenvalue weighted by molar-refractivity contribution is 0.0726. The van der Waals surface area contributed by atoms with Crippen molar-refractivity contribution in [1.82, 2.24) is 29.7 Å². The van der Waals surface area contributed by atoms with Crippen molar-refractivity contribution in [3.8, 4) is 0 Å². The summed E-state index contributed by atoms with van der Waals surface area (Å²) in [7, 11) is 0. The number of nitrogens with one attached hydrogen (secondary N) is 1. The summed E-state index contributed by atoms with van der Waals surface area (Å²) in [5.41, 5.74) is 7.57. The number of carbonyl (C=O) groups is 1. The van der Waals surface area contributed by atoms with Gasteiger partial charge in [-0.2, -0.15) is 0 Å². The Morgan fingerprint density at radius 2 is 2.11 bits per heavy atom. The Balaban J connectivity index is 1.46. The molecule has 1 aliphatic carbocycles. The van der Waals surface area contributed by atoms with E-state index < -0.39 is 0 Å². The van der Waals surface area contributed by atoms with Gasteiger partial charge in [0.2, 0.25) is 0 Å². The lowest BCUT2D eigenvalue weighted by atomic mass is 9.92. The lowest BCUT2D eigenvalue weighted by Gasteiger charge is -2.26. The number of rotatable bonds is 4. The van der Waals surface area contributed by atoms with E-state index in [2.05, 4.69) is 15.4 Å². The third kappa shape index (κ3) is 3.42. The number of aromatic amines is 1. The molecule has 1 aliphatic heterocycles. The number of carbonyl (C=O) groups excluding carboxylic acids is 1. The van der Waals surface area contributed by atoms with Gasteiger partial charge in [0.15, 0.2) is 5.69 Å². The van der Waals surface area contributed by atoms with Crippen LogP contribution in [0.3, 0.4) is 0 Å². The molecule has 1 saturated carbocycles. The van der Waals surface area contributed by atoms with E-state index in [1.165, 1.54) is 4.68 Å². The number of H-pyrrole nitrogens is 1. The van der Waals surface area contributed by atoms with Crippen LogP contribution in [-0.4, -0.2) is 59.9 Å². The quantitative estimate of drug-likeness (QED) is 0.653. The van der Waals surface area contributed by atoms with Gasteiger partial charge in [-0.25, -0.2) is 4.68 Å². The van der Waals surface area contributed by atoms with Crippen molar-refractivity contribution >= 4 is 5.91 Å². The minimum absolute atomic E-state index is 0.114. The molecule has 2 aromatic rings. The van der Waals surface area contributed by atoms with E-state index in [1.807, 2.05) is 0 Å². The predicted octanol–water partition coefficient (Wildman–Crippen LogP) is -0.599. The molecule has 4 rings (SSSR count). The maximum atomic E-state index is 12.8. The van der Waals surface area contributed by atoms with Crippen LogP contribution in [0.2, 0.25) is 0 Å². The summed E-state index contributed by atoms with van der Waals surface area (Å²) in [5, 5.41) is 20.3. The molecule has 1 amide bonds. The number of nitrogens with zero attached hydrogens (tertiary/aromatic N) is 5. The minimum atomic E-state index is -0.185. The Hall–Kier alpha value is -2.46. The van der Waals surface area contributed by atoms with Crippen LogP contribution in [0.15, 0.2) is 11.0 Å². The van der Waals surface area contributed by atoms with Crippen molar-refractivity contribution < 1.29 is 9.90 Å². The molecule has 3 heterocycles. The van der Waals surface area contributed by atoms with E-state index in [9.17, 15) is 9.59 Å². The van der Waals surface area contributed by atoms with Gasteiger partial charge in [-0.1, -0.05) is 5.21 Å². The molecule has 0 saturated heterocycles. The molecule has 0 bridgehead atoms. The summed E-state index contributed by atoms with van der Waals surface area (Å²) in [6, 6.07) is 0.504. The molecular formula is C17H25N7O3. The van der Waals surface area contributed by atoms with E-state index in [-0.39, 0.29) is 36.7 Å². The highest BCUT2D eigenvalue weighted by molar-refractivity contribution is 5.92.